The van der Waals surface area contributed by atoms with Gasteiger partial charge in [0.05, 0.1) is 17.7 Å². The summed E-state index contributed by atoms with van der Waals surface area (Å²) in [5.74, 6) is -0.198. The Morgan fingerprint density at radius 3 is 2.50 bits per heavy atom. The van der Waals surface area contributed by atoms with Crippen LogP contribution < -0.4 is 10.1 Å². The summed E-state index contributed by atoms with van der Waals surface area (Å²) in [6, 6.07) is 0. The molecule has 1 aliphatic heterocycles. The second-order valence-electron chi connectivity index (χ2n) is 6.94. The first kappa shape index (κ1) is 19.2. The number of phenolic OH excluding ortho intramolecular Hbond substituents is 2. The number of benzene rings is 1. The Labute approximate surface area is 161 Å². The van der Waals surface area contributed by atoms with E-state index in [0.29, 0.717) is 5.70 Å². The van der Waals surface area contributed by atoms with Gasteiger partial charge in [-0.15, -0.1) is 6.42 Å². The largest absolute Gasteiger partial charge is 0.507 e. The molecule has 1 atom stereocenters. The first-order valence-corrected chi connectivity index (χ1v) is 8.54. The fourth-order valence-electron chi connectivity index (χ4n) is 3.63. The average molecular weight is 381 g/mol. The summed E-state index contributed by atoms with van der Waals surface area (Å²) in [7, 11) is 0. The predicted octanol–water partition coefficient (Wildman–Crippen LogP) is 1.79. The molecule has 7 nitrogen and oxygen atoms in total. The minimum Gasteiger partial charge on any atom is -0.507 e. The zero-order valence-electron chi connectivity index (χ0n) is 15.9. The van der Waals surface area contributed by atoms with E-state index in [4.69, 9.17) is 11.2 Å². The third-order valence-corrected chi connectivity index (χ3v) is 5.22. The van der Waals surface area contributed by atoms with Crippen molar-refractivity contribution in [2.24, 2.45) is 0 Å². The van der Waals surface area contributed by atoms with E-state index < -0.39 is 28.5 Å². The molecule has 0 bridgehead atoms. The molecule has 0 fully saturated rings. The highest BCUT2D eigenvalue weighted by molar-refractivity contribution is 6.31. The van der Waals surface area contributed by atoms with Crippen molar-refractivity contribution in [3.63, 3.8) is 0 Å². The van der Waals surface area contributed by atoms with Gasteiger partial charge in [-0.1, -0.05) is 5.92 Å². The van der Waals surface area contributed by atoms with E-state index in [1.54, 1.807) is 6.92 Å². The number of Topliss-reactive ketones (excluding diaryl/α,β-unsaturated/α-hetero) is 2. The maximum absolute atomic E-state index is 13.4. The number of carbonyl (C=O) groups excluding carboxylic acids is 3. The van der Waals surface area contributed by atoms with Crippen molar-refractivity contribution in [1.29, 1.82) is 0 Å². The van der Waals surface area contributed by atoms with Crippen LogP contribution in [0.1, 0.15) is 42.3 Å². The van der Waals surface area contributed by atoms with Crippen LogP contribution in [0.2, 0.25) is 0 Å². The molecule has 28 heavy (non-hydrogen) atoms. The predicted molar refractivity (Wildman–Crippen MR) is 100 cm³/mol. The Morgan fingerprint density at radius 1 is 1.29 bits per heavy atom. The smallest absolute Gasteiger partial charge is 0.194 e. The third-order valence-electron chi connectivity index (χ3n) is 5.22. The molecule has 3 rings (SSSR count). The second-order valence-corrected chi connectivity index (χ2v) is 6.94. The van der Waals surface area contributed by atoms with Gasteiger partial charge in [-0.3, -0.25) is 14.4 Å². The minimum atomic E-state index is -1.52. The van der Waals surface area contributed by atoms with E-state index in [1.807, 2.05) is 0 Å². The zero-order valence-corrected chi connectivity index (χ0v) is 15.9. The lowest BCUT2D eigenvalue weighted by atomic mass is 9.70. The van der Waals surface area contributed by atoms with Crippen LogP contribution in [0.4, 0.5) is 0 Å². The summed E-state index contributed by atoms with van der Waals surface area (Å²) in [5.41, 5.74) is -1.36. The lowest BCUT2D eigenvalue weighted by Gasteiger charge is -2.29. The quantitative estimate of drug-likeness (QED) is 0.317. The Balaban J connectivity index is 2.34. The number of carbonyl (C=O) groups is 3. The molecular formula is C21H19NO6. The van der Waals surface area contributed by atoms with Crippen molar-refractivity contribution in [3.05, 3.63) is 39.8 Å². The highest BCUT2D eigenvalue weighted by atomic mass is 16.5. The molecule has 0 aromatic heterocycles. The maximum Gasteiger partial charge on any atom is 0.194 e. The molecule has 3 N–H and O–H groups in total. The van der Waals surface area contributed by atoms with Crippen molar-refractivity contribution < 1.29 is 29.3 Å². The number of rotatable bonds is 3. The van der Waals surface area contributed by atoms with Crippen molar-refractivity contribution in [3.8, 4) is 29.6 Å². The van der Waals surface area contributed by atoms with Gasteiger partial charge in [0.25, 0.3) is 0 Å². The Hall–Kier alpha value is -3.53. The molecule has 1 heterocycles. The van der Waals surface area contributed by atoms with Crippen LogP contribution in [-0.4, -0.2) is 34.1 Å². The Morgan fingerprint density at radius 2 is 1.93 bits per heavy atom. The van der Waals surface area contributed by atoms with Crippen molar-refractivity contribution in [1.82, 2.24) is 5.32 Å². The van der Waals surface area contributed by atoms with Gasteiger partial charge in [0.15, 0.2) is 17.3 Å². The van der Waals surface area contributed by atoms with Gasteiger partial charge in [-0.05, 0) is 27.7 Å². The van der Waals surface area contributed by atoms with Gasteiger partial charge in [-0.2, -0.15) is 0 Å². The van der Waals surface area contributed by atoms with Gasteiger partial charge in [0, 0.05) is 17.3 Å². The normalized spacial score (nSPS) is 21.9. The number of hydrogen-bond acceptors (Lipinski definition) is 7. The number of allylic oxidation sites excluding steroid dienone is 4. The van der Waals surface area contributed by atoms with Crippen LogP contribution in [0.5, 0.6) is 17.2 Å². The number of phenols is 2. The van der Waals surface area contributed by atoms with Gasteiger partial charge in [0.1, 0.15) is 34.0 Å². The number of terminal acetylenes is 1. The van der Waals surface area contributed by atoms with E-state index in [0.717, 1.165) is 6.08 Å². The number of fused-ring (bicyclic) bond motifs is 3. The number of ketones is 3. The molecule has 1 aliphatic carbocycles. The summed E-state index contributed by atoms with van der Waals surface area (Å²) in [6.45, 7) is 5.86. The van der Waals surface area contributed by atoms with Crippen molar-refractivity contribution in [2.45, 2.75) is 33.1 Å². The van der Waals surface area contributed by atoms with Crippen LogP contribution >= 0.6 is 0 Å². The number of hydrogen-bond donors (Lipinski definition) is 3. The minimum absolute atomic E-state index is 0.00574. The molecule has 0 saturated heterocycles. The summed E-state index contributed by atoms with van der Waals surface area (Å²) < 4.78 is 5.68. The van der Waals surface area contributed by atoms with E-state index in [1.165, 1.54) is 20.8 Å². The van der Waals surface area contributed by atoms with Crippen molar-refractivity contribution >= 4 is 17.3 Å². The maximum atomic E-state index is 13.4. The monoisotopic (exact) mass is 381 g/mol. The van der Waals surface area contributed by atoms with Gasteiger partial charge in [0.2, 0.25) is 0 Å². The SMILES string of the molecule is C#CCN/C(C)=C1\C(=O)C=C2Oc3c(C(C)=O)c(O)c(C)c(O)c3[C@@]2(C)C1=O. The first-order chi connectivity index (χ1) is 13.1. The molecule has 1 aromatic rings. The first-order valence-electron chi connectivity index (χ1n) is 8.54. The molecule has 0 radical (unpaired) electrons. The summed E-state index contributed by atoms with van der Waals surface area (Å²) in [5, 5.41) is 23.8. The molecule has 1 aromatic carbocycles. The highest BCUT2D eigenvalue weighted by Crippen LogP contribution is 2.57. The van der Waals surface area contributed by atoms with Crippen LogP contribution in [0.25, 0.3) is 0 Å². The van der Waals surface area contributed by atoms with Crippen LogP contribution in [0.15, 0.2) is 23.1 Å². The summed E-state index contributed by atoms with van der Waals surface area (Å²) in [4.78, 5) is 38.1. The van der Waals surface area contributed by atoms with Gasteiger partial charge < -0.3 is 20.3 Å². The lowest BCUT2D eigenvalue weighted by Crippen LogP contribution is -2.41. The van der Waals surface area contributed by atoms with E-state index in [2.05, 4.69) is 11.2 Å². The van der Waals surface area contributed by atoms with Crippen LogP contribution in [-0.2, 0) is 15.0 Å². The number of ether oxygens (including phenoxy) is 1. The lowest BCUT2D eigenvalue weighted by molar-refractivity contribution is -0.123. The molecule has 0 spiro atoms. The van der Waals surface area contributed by atoms with E-state index in [9.17, 15) is 24.6 Å². The van der Waals surface area contributed by atoms with Crippen molar-refractivity contribution in [2.75, 3.05) is 6.54 Å². The fraction of sp³-hybridized carbons (Fsp3) is 0.286. The molecule has 144 valence electrons. The zero-order chi connectivity index (χ0) is 21.0. The standard InChI is InChI=1S/C21H19NO6/c1-6-7-22-10(3)14-12(24)8-13-21(5,20(14)27)16-18(26)9(2)17(25)15(11(4)23)19(16)28-13/h1,8,22,25-26H,7H2,2-5H3/b14-10+/t21-/m0/s1. The molecule has 0 saturated carbocycles. The van der Waals surface area contributed by atoms with Crippen LogP contribution in [0.3, 0.4) is 0 Å². The van der Waals surface area contributed by atoms with E-state index in [-0.39, 0.29) is 46.1 Å². The van der Waals surface area contributed by atoms with Gasteiger partial charge >= 0.3 is 0 Å². The van der Waals surface area contributed by atoms with Crippen LogP contribution in [0, 0.1) is 19.3 Å². The molecule has 7 heteroatoms. The highest BCUT2D eigenvalue weighted by Gasteiger charge is 2.56. The fourth-order valence-corrected chi connectivity index (χ4v) is 3.63. The number of aromatic hydroxyl groups is 2. The molecule has 0 amide bonds. The molecule has 2 aliphatic rings. The number of nitrogens with one attached hydrogen (secondary N) is 1. The Bertz CT molecular complexity index is 1070. The summed E-state index contributed by atoms with van der Waals surface area (Å²) in [6.07, 6.45) is 6.38. The van der Waals surface area contributed by atoms with E-state index >= 15 is 0 Å². The third kappa shape index (κ3) is 2.34. The topological polar surface area (TPSA) is 113 Å². The summed E-state index contributed by atoms with van der Waals surface area (Å²) >= 11 is 0. The Kier molecular flexibility index (Phi) is 4.31. The molecule has 0 unspecified atom stereocenters. The average Bonchev–Trinajstić information content (AvgIpc) is 2.91. The second kappa shape index (κ2) is 6.27. The van der Waals surface area contributed by atoms with Gasteiger partial charge in [-0.25, -0.2) is 0 Å². The molecular weight excluding hydrogens is 362 g/mol.